The van der Waals surface area contributed by atoms with Gasteiger partial charge in [0, 0.05) is 6.04 Å². The average molecular weight is 368 g/mol. The number of rotatable bonds is 8. The minimum absolute atomic E-state index is 0.0811. The molecule has 27 heavy (non-hydrogen) atoms. The lowest BCUT2D eigenvalue weighted by Gasteiger charge is -2.25. The smallest absolute Gasteiger partial charge is 0.308 e. The molecule has 0 radical (unpaired) electrons. The molecule has 0 aromatic heterocycles. The lowest BCUT2D eigenvalue weighted by molar-refractivity contribution is -0.143. The van der Waals surface area contributed by atoms with Crippen molar-refractivity contribution in [1.82, 2.24) is 5.32 Å². The fourth-order valence-electron chi connectivity index (χ4n) is 3.03. The Kier molecular flexibility index (Phi) is 7.55. The number of carbonyl (C=O) groups excluding carboxylic acids is 2. The molecule has 2 aromatic carbocycles. The van der Waals surface area contributed by atoms with Crippen LogP contribution in [-0.2, 0) is 14.3 Å². The van der Waals surface area contributed by atoms with Gasteiger partial charge in [0.05, 0.1) is 25.0 Å². The molecule has 5 heteroatoms. The van der Waals surface area contributed by atoms with Crippen molar-refractivity contribution in [2.45, 2.75) is 39.3 Å². The van der Waals surface area contributed by atoms with Gasteiger partial charge in [0.2, 0.25) is 5.91 Å². The summed E-state index contributed by atoms with van der Waals surface area (Å²) >= 11 is 0. The second-order valence-corrected chi connectivity index (χ2v) is 6.65. The predicted octanol–water partition coefficient (Wildman–Crippen LogP) is 3.44. The molecule has 0 aliphatic carbocycles. The minimum Gasteiger partial charge on any atom is -0.466 e. The van der Waals surface area contributed by atoms with Crippen LogP contribution in [0.3, 0.4) is 0 Å². The Morgan fingerprint density at radius 2 is 1.70 bits per heavy atom. The summed E-state index contributed by atoms with van der Waals surface area (Å²) in [7, 11) is 0. The topological polar surface area (TPSA) is 81.4 Å². The SMILES string of the molecule is CCOC(=O)CC(NC(=O)C(C)C(N)c1ccccc1)c1ccccc1C. The standard InChI is InChI=1S/C22H28N2O3/c1-4-27-20(25)14-19(18-13-9-8-10-15(18)2)24-22(26)16(3)21(23)17-11-6-5-7-12-17/h5-13,16,19,21H,4,14,23H2,1-3H3,(H,24,26). The maximum absolute atomic E-state index is 12.8. The van der Waals surface area contributed by atoms with Crippen molar-refractivity contribution in [2.75, 3.05) is 6.61 Å². The van der Waals surface area contributed by atoms with Crippen molar-refractivity contribution in [2.24, 2.45) is 11.7 Å². The first-order valence-electron chi connectivity index (χ1n) is 9.26. The monoisotopic (exact) mass is 368 g/mol. The van der Waals surface area contributed by atoms with E-state index in [-0.39, 0.29) is 18.3 Å². The zero-order valence-corrected chi connectivity index (χ0v) is 16.1. The first-order valence-corrected chi connectivity index (χ1v) is 9.26. The molecular formula is C22H28N2O3. The zero-order valence-electron chi connectivity index (χ0n) is 16.1. The highest BCUT2D eigenvalue weighted by atomic mass is 16.5. The summed E-state index contributed by atoms with van der Waals surface area (Å²) in [5, 5.41) is 2.99. The van der Waals surface area contributed by atoms with Crippen LogP contribution in [0.4, 0.5) is 0 Å². The summed E-state index contributed by atoms with van der Waals surface area (Å²) in [4.78, 5) is 24.9. The number of esters is 1. The zero-order chi connectivity index (χ0) is 19.8. The van der Waals surface area contributed by atoms with Crippen molar-refractivity contribution in [1.29, 1.82) is 0 Å². The molecule has 1 amide bonds. The molecule has 5 nitrogen and oxygen atoms in total. The van der Waals surface area contributed by atoms with Crippen LogP contribution in [0.2, 0.25) is 0 Å². The Labute approximate surface area is 160 Å². The van der Waals surface area contributed by atoms with Crippen molar-refractivity contribution >= 4 is 11.9 Å². The van der Waals surface area contributed by atoms with Crippen LogP contribution in [0.25, 0.3) is 0 Å². The maximum atomic E-state index is 12.8. The van der Waals surface area contributed by atoms with Gasteiger partial charge in [-0.2, -0.15) is 0 Å². The number of amides is 1. The number of ether oxygens (including phenoxy) is 1. The third-order valence-corrected chi connectivity index (χ3v) is 4.69. The Balaban J connectivity index is 2.17. The molecule has 2 rings (SSSR count). The molecule has 0 aliphatic heterocycles. The van der Waals surface area contributed by atoms with E-state index in [1.165, 1.54) is 0 Å². The van der Waals surface area contributed by atoms with E-state index in [9.17, 15) is 9.59 Å². The van der Waals surface area contributed by atoms with Crippen LogP contribution in [0.15, 0.2) is 54.6 Å². The second-order valence-electron chi connectivity index (χ2n) is 6.65. The summed E-state index contributed by atoms with van der Waals surface area (Å²) in [6.45, 7) is 5.83. The molecule has 0 saturated heterocycles. The molecule has 144 valence electrons. The third kappa shape index (κ3) is 5.66. The first kappa shape index (κ1) is 20.6. The molecule has 0 saturated carbocycles. The van der Waals surface area contributed by atoms with Crippen LogP contribution < -0.4 is 11.1 Å². The number of nitrogens with two attached hydrogens (primary N) is 1. The van der Waals surface area contributed by atoms with Crippen LogP contribution in [-0.4, -0.2) is 18.5 Å². The van der Waals surface area contributed by atoms with Crippen molar-refractivity contribution < 1.29 is 14.3 Å². The Morgan fingerprint density at radius 3 is 2.33 bits per heavy atom. The number of hydrogen-bond acceptors (Lipinski definition) is 4. The van der Waals surface area contributed by atoms with Crippen LogP contribution in [0.1, 0.15) is 49.0 Å². The predicted molar refractivity (Wildman–Crippen MR) is 106 cm³/mol. The van der Waals surface area contributed by atoms with Gasteiger partial charge in [0.25, 0.3) is 0 Å². The largest absolute Gasteiger partial charge is 0.466 e. The molecule has 3 unspecified atom stereocenters. The molecule has 3 N–H and O–H groups in total. The Bertz CT molecular complexity index is 761. The number of nitrogens with one attached hydrogen (secondary N) is 1. The number of hydrogen-bond donors (Lipinski definition) is 2. The van der Waals surface area contributed by atoms with E-state index in [4.69, 9.17) is 10.5 Å². The van der Waals surface area contributed by atoms with Crippen LogP contribution in [0.5, 0.6) is 0 Å². The van der Waals surface area contributed by atoms with Crippen molar-refractivity contribution in [3.63, 3.8) is 0 Å². The molecular weight excluding hydrogens is 340 g/mol. The summed E-state index contributed by atoms with van der Waals surface area (Å²) in [6.07, 6.45) is 0.0811. The van der Waals surface area contributed by atoms with Gasteiger partial charge < -0.3 is 15.8 Å². The van der Waals surface area contributed by atoms with Crippen molar-refractivity contribution in [3.05, 3.63) is 71.3 Å². The molecule has 0 aliphatic rings. The summed E-state index contributed by atoms with van der Waals surface area (Å²) in [5.41, 5.74) is 9.09. The van der Waals surface area contributed by atoms with E-state index < -0.39 is 18.0 Å². The van der Waals surface area contributed by atoms with Gasteiger partial charge in [-0.1, -0.05) is 61.5 Å². The molecule has 0 fully saturated rings. The molecule has 0 bridgehead atoms. The molecule has 3 atom stereocenters. The normalized spacial score (nSPS) is 14.1. The van der Waals surface area contributed by atoms with E-state index in [1.807, 2.05) is 61.5 Å². The Hall–Kier alpha value is -2.66. The highest BCUT2D eigenvalue weighted by Crippen LogP contribution is 2.24. The third-order valence-electron chi connectivity index (χ3n) is 4.69. The average Bonchev–Trinajstić information content (AvgIpc) is 2.67. The van der Waals surface area contributed by atoms with Gasteiger partial charge in [-0.25, -0.2) is 0 Å². The Morgan fingerprint density at radius 1 is 1.07 bits per heavy atom. The summed E-state index contributed by atoms with van der Waals surface area (Å²) < 4.78 is 5.08. The number of benzene rings is 2. The second kappa shape index (κ2) is 9.88. The van der Waals surface area contributed by atoms with Gasteiger partial charge in [-0.3, -0.25) is 9.59 Å². The van der Waals surface area contributed by atoms with E-state index in [2.05, 4.69) is 5.32 Å². The first-order chi connectivity index (χ1) is 12.9. The highest BCUT2D eigenvalue weighted by Gasteiger charge is 2.27. The van der Waals surface area contributed by atoms with Crippen LogP contribution in [0, 0.1) is 12.8 Å². The van der Waals surface area contributed by atoms with Gasteiger partial charge in [0.15, 0.2) is 0 Å². The van der Waals surface area contributed by atoms with E-state index in [0.717, 1.165) is 16.7 Å². The van der Waals surface area contributed by atoms with Gasteiger partial charge in [-0.05, 0) is 30.5 Å². The van der Waals surface area contributed by atoms with E-state index in [1.54, 1.807) is 13.8 Å². The van der Waals surface area contributed by atoms with Crippen molar-refractivity contribution in [3.8, 4) is 0 Å². The summed E-state index contributed by atoms with van der Waals surface area (Å²) in [5.74, 6) is -0.976. The number of carbonyl (C=O) groups is 2. The molecule has 2 aromatic rings. The quantitative estimate of drug-likeness (QED) is 0.699. The lowest BCUT2D eigenvalue weighted by Crippen LogP contribution is -2.38. The fraction of sp³-hybridized carbons (Fsp3) is 0.364. The fourth-order valence-corrected chi connectivity index (χ4v) is 3.03. The van der Waals surface area contributed by atoms with Crippen LogP contribution >= 0.6 is 0 Å². The van der Waals surface area contributed by atoms with E-state index in [0.29, 0.717) is 6.61 Å². The van der Waals surface area contributed by atoms with Gasteiger partial charge >= 0.3 is 5.97 Å². The summed E-state index contributed by atoms with van der Waals surface area (Å²) in [6, 6.07) is 16.3. The highest BCUT2D eigenvalue weighted by molar-refractivity contribution is 5.81. The lowest BCUT2D eigenvalue weighted by atomic mass is 9.93. The van der Waals surface area contributed by atoms with E-state index >= 15 is 0 Å². The molecule has 0 spiro atoms. The minimum atomic E-state index is -0.455. The van der Waals surface area contributed by atoms with Gasteiger partial charge in [-0.15, -0.1) is 0 Å². The maximum Gasteiger partial charge on any atom is 0.308 e. The number of aryl methyl sites for hydroxylation is 1. The van der Waals surface area contributed by atoms with Gasteiger partial charge in [0.1, 0.15) is 0 Å². The molecule has 0 heterocycles.